The van der Waals surface area contributed by atoms with E-state index in [2.05, 4.69) is 16.8 Å². The van der Waals surface area contributed by atoms with Gasteiger partial charge in [0.1, 0.15) is 5.82 Å². The molecular weight excluding hydrogens is 531 g/mol. The van der Waals surface area contributed by atoms with Gasteiger partial charge in [-0.2, -0.15) is 13.2 Å². The number of rotatable bonds is 6. The van der Waals surface area contributed by atoms with E-state index in [0.717, 1.165) is 43.9 Å². The Morgan fingerprint density at radius 1 is 1.03 bits per heavy atom. The predicted octanol–water partition coefficient (Wildman–Crippen LogP) is 4.83. The first kappa shape index (κ1) is 28.1. The molecule has 0 bridgehead atoms. The van der Waals surface area contributed by atoms with Crippen molar-refractivity contribution in [1.29, 1.82) is 0 Å². The van der Waals surface area contributed by atoms with Crippen molar-refractivity contribution < 1.29 is 22.4 Å². The minimum absolute atomic E-state index is 0.0334. The van der Waals surface area contributed by atoms with E-state index in [1.807, 2.05) is 22.9 Å². The third-order valence-electron chi connectivity index (χ3n) is 7.31. The fourth-order valence-electron chi connectivity index (χ4n) is 5.10. The van der Waals surface area contributed by atoms with Gasteiger partial charge < -0.3 is 9.80 Å². The van der Waals surface area contributed by atoms with E-state index in [9.17, 15) is 22.4 Å². The zero-order valence-corrected chi connectivity index (χ0v) is 22.3. The molecule has 1 amide bonds. The highest BCUT2D eigenvalue weighted by molar-refractivity contribution is 6.42. The van der Waals surface area contributed by atoms with Crippen molar-refractivity contribution in [2.45, 2.75) is 24.7 Å². The van der Waals surface area contributed by atoms with Gasteiger partial charge in [0.25, 0.3) is 0 Å². The number of hydrogen-bond donors (Lipinski definition) is 0. The first-order valence-corrected chi connectivity index (χ1v) is 12.9. The topological polar surface area (TPSA) is 30.0 Å². The lowest BCUT2D eigenvalue weighted by Crippen LogP contribution is -2.48. The molecule has 2 aliphatic rings. The molecule has 0 N–H and O–H groups in total. The highest BCUT2D eigenvalue weighted by Gasteiger charge is 2.39. The first-order chi connectivity index (χ1) is 17.4. The number of carbonyl (C=O) groups excluding carboxylic acids is 1. The van der Waals surface area contributed by atoms with Crippen LogP contribution in [0.25, 0.3) is 0 Å². The van der Waals surface area contributed by atoms with Crippen LogP contribution in [0, 0.1) is 5.82 Å². The number of nitrogens with zero attached hydrogens (tertiary/aromatic N) is 4. The Kier molecular flexibility index (Phi) is 8.70. The maximum Gasteiger partial charge on any atom is 0.419 e. The molecule has 2 heterocycles. The molecule has 0 radical (unpaired) electrons. The Balaban J connectivity index is 1.52. The molecule has 2 fully saturated rings. The number of alkyl halides is 3. The maximum absolute atomic E-state index is 14.2. The minimum atomic E-state index is -4.75. The summed E-state index contributed by atoms with van der Waals surface area (Å²) in [7, 11) is 3.89. The van der Waals surface area contributed by atoms with Crippen molar-refractivity contribution >= 4 is 29.1 Å². The molecule has 0 spiro atoms. The quantitative estimate of drug-likeness (QED) is 0.474. The number of likely N-dealkylation sites (N-methyl/N-ethyl adjacent to an activating group) is 2. The molecular formula is C26H30Cl2F4N4O. The third kappa shape index (κ3) is 6.75. The Morgan fingerprint density at radius 2 is 1.73 bits per heavy atom. The van der Waals surface area contributed by atoms with Crippen LogP contribution in [0.1, 0.15) is 22.6 Å². The van der Waals surface area contributed by atoms with Crippen molar-refractivity contribution in [2.75, 3.05) is 59.9 Å². The third-order valence-corrected chi connectivity index (χ3v) is 8.04. The average Bonchev–Trinajstić information content (AvgIpc) is 3.27. The molecule has 4 rings (SSSR count). The molecule has 11 heteroatoms. The monoisotopic (exact) mass is 560 g/mol. The Labute approximate surface area is 224 Å². The van der Waals surface area contributed by atoms with Crippen LogP contribution in [0.3, 0.4) is 0 Å². The van der Waals surface area contributed by atoms with Crippen LogP contribution in [0.4, 0.5) is 17.6 Å². The van der Waals surface area contributed by atoms with Gasteiger partial charge in [-0.1, -0.05) is 35.3 Å². The van der Waals surface area contributed by atoms with Gasteiger partial charge >= 0.3 is 6.18 Å². The molecule has 202 valence electrons. The van der Waals surface area contributed by atoms with Gasteiger partial charge in [0.2, 0.25) is 5.91 Å². The number of hydrogen-bond acceptors (Lipinski definition) is 4. The lowest BCUT2D eigenvalue weighted by Gasteiger charge is -2.33. The largest absolute Gasteiger partial charge is 0.419 e. The molecule has 2 aromatic rings. The lowest BCUT2D eigenvalue weighted by atomic mass is 9.93. The molecule has 2 aromatic carbocycles. The van der Waals surface area contributed by atoms with E-state index < -0.39 is 17.6 Å². The maximum atomic E-state index is 14.2. The molecule has 0 saturated carbocycles. The first-order valence-electron chi connectivity index (χ1n) is 12.1. The number of piperazine rings is 1. The number of likely N-dealkylation sites (tertiary alicyclic amines) is 1. The summed E-state index contributed by atoms with van der Waals surface area (Å²) in [5.74, 6) is -1.36. The van der Waals surface area contributed by atoms with Crippen LogP contribution in [-0.2, 0) is 17.5 Å². The summed E-state index contributed by atoms with van der Waals surface area (Å²) in [4.78, 5) is 21.4. The smallest absolute Gasteiger partial charge is 0.339 e. The van der Waals surface area contributed by atoms with E-state index in [-0.39, 0.29) is 24.4 Å². The summed E-state index contributed by atoms with van der Waals surface area (Å²) in [6, 6.07) is 8.24. The Hall–Kier alpha value is -1.91. The van der Waals surface area contributed by atoms with Crippen LogP contribution in [0.5, 0.6) is 0 Å². The second-order valence-electron chi connectivity index (χ2n) is 9.95. The average molecular weight is 561 g/mol. The normalized spacial score (nSPS) is 21.7. The van der Waals surface area contributed by atoms with Crippen molar-refractivity contribution in [1.82, 2.24) is 19.6 Å². The van der Waals surface area contributed by atoms with Gasteiger partial charge in [-0.3, -0.25) is 14.6 Å². The summed E-state index contributed by atoms with van der Waals surface area (Å²) in [5.41, 5.74) is 0.0528. The van der Waals surface area contributed by atoms with E-state index in [0.29, 0.717) is 35.2 Å². The summed E-state index contributed by atoms with van der Waals surface area (Å²) < 4.78 is 53.1. The summed E-state index contributed by atoms with van der Waals surface area (Å²) >= 11 is 12.4. The van der Waals surface area contributed by atoms with Gasteiger partial charge in [-0.05, 0) is 49.5 Å². The van der Waals surface area contributed by atoms with Crippen LogP contribution in [-0.4, -0.2) is 91.5 Å². The van der Waals surface area contributed by atoms with Gasteiger partial charge in [0.05, 0.1) is 22.2 Å². The second kappa shape index (κ2) is 11.5. The van der Waals surface area contributed by atoms with E-state index in [1.165, 1.54) is 6.07 Å². The van der Waals surface area contributed by atoms with E-state index in [4.69, 9.17) is 23.2 Å². The van der Waals surface area contributed by atoms with Gasteiger partial charge in [0.15, 0.2) is 0 Å². The molecule has 2 aliphatic heterocycles. The van der Waals surface area contributed by atoms with Crippen LogP contribution < -0.4 is 0 Å². The molecule has 5 nitrogen and oxygen atoms in total. The standard InChI is InChI=1S/C26H30Cl2F4N4O/c1-33-7-9-35(10-8-33)16-25(37)36-14-19(18-4-6-21(27)22(28)12-18)24(15-36)34(2)13-17-3-5-20(23(29)11-17)26(30,31)32/h3-6,11-12,19,24H,7-10,13-16H2,1-2H3/t19-,24?/m1/s1. The molecule has 1 unspecified atom stereocenters. The van der Waals surface area contributed by atoms with Crippen LogP contribution in [0.15, 0.2) is 36.4 Å². The summed E-state index contributed by atoms with van der Waals surface area (Å²) in [6.07, 6.45) is -4.75. The molecule has 2 saturated heterocycles. The predicted molar refractivity (Wildman–Crippen MR) is 136 cm³/mol. The Bertz CT molecular complexity index is 1120. The zero-order valence-electron chi connectivity index (χ0n) is 20.7. The number of benzene rings is 2. The van der Waals surface area contributed by atoms with Crippen molar-refractivity contribution in [3.63, 3.8) is 0 Å². The Morgan fingerprint density at radius 3 is 2.35 bits per heavy atom. The highest BCUT2D eigenvalue weighted by Crippen LogP contribution is 2.36. The molecule has 0 aromatic heterocycles. The van der Waals surface area contributed by atoms with Crippen molar-refractivity contribution in [3.05, 3.63) is 69.0 Å². The van der Waals surface area contributed by atoms with Crippen molar-refractivity contribution in [2.24, 2.45) is 0 Å². The van der Waals surface area contributed by atoms with Crippen LogP contribution in [0.2, 0.25) is 10.0 Å². The van der Waals surface area contributed by atoms with E-state index in [1.54, 1.807) is 12.1 Å². The molecule has 2 atom stereocenters. The fourth-order valence-corrected chi connectivity index (χ4v) is 5.40. The zero-order chi connectivity index (χ0) is 26.9. The summed E-state index contributed by atoms with van der Waals surface area (Å²) in [5, 5.41) is 0.837. The molecule has 37 heavy (non-hydrogen) atoms. The number of halogens is 6. The van der Waals surface area contributed by atoms with Gasteiger partial charge in [-0.15, -0.1) is 0 Å². The van der Waals surface area contributed by atoms with E-state index >= 15 is 0 Å². The summed E-state index contributed by atoms with van der Waals surface area (Å²) in [6.45, 7) is 4.95. The van der Waals surface area contributed by atoms with Crippen molar-refractivity contribution in [3.8, 4) is 0 Å². The lowest BCUT2D eigenvalue weighted by molar-refractivity contribution is -0.140. The minimum Gasteiger partial charge on any atom is -0.339 e. The molecule has 0 aliphatic carbocycles. The number of amides is 1. The fraction of sp³-hybridized carbons (Fsp3) is 0.500. The van der Waals surface area contributed by atoms with Gasteiger partial charge in [-0.25, -0.2) is 4.39 Å². The van der Waals surface area contributed by atoms with Gasteiger partial charge in [0, 0.05) is 57.8 Å². The number of carbonyl (C=O) groups is 1. The van der Waals surface area contributed by atoms with Crippen LogP contribution >= 0.6 is 23.2 Å². The second-order valence-corrected chi connectivity index (χ2v) is 10.8. The SMILES string of the molecule is CN1CCN(CC(=O)N2CC(N(C)Cc3ccc(C(F)(F)F)c(F)c3)[C@@H](c3ccc(Cl)c(Cl)c3)C2)CC1. The highest BCUT2D eigenvalue weighted by atomic mass is 35.5.